The molecule has 0 aliphatic carbocycles. The van der Waals surface area contributed by atoms with Crippen molar-refractivity contribution in [1.82, 2.24) is 4.90 Å². The van der Waals surface area contributed by atoms with Crippen molar-refractivity contribution in [3.05, 3.63) is 34.4 Å². The van der Waals surface area contributed by atoms with Crippen LogP contribution in [0.15, 0.2) is 12.1 Å². The van der Waals surface area contributed by atoms with Gasteiger partial charge >= 0.3 is 0 Å². The van der Waals surface area contributed by atoms with Crippen LogP contribution in [-0.4, -0.2) is 22.5 Å². The highest BCUT2D eigenvalue weighted by Gasteiger charge is 2.28. The quantitative estimate of drug-likeness (QED) is 0.603. The second-order valence-electron chi connectivity index (χ2n) is 8.03. The summed E-state index contributed by atoms with van der Waals surface area (Å²) in [5.41, 5.74) is 5.66. The molecule has 2 heteroatoms. The molecule has 1 aromatic rings. The molecule has 1 heterocycles. The Labute approximate surface area is 148 Å². The molecule has 1 atom stereocenters. The van der Waals surface area contributed by atoms with E-state index < -0.39 is 0 Å². The van der Waals surface area contributed by atoms with Crippen LogP contribution < -0.4 is 0 Å². The van der Waals surface area contributed by atoms with E-state index in [4.69, 9.17) is 12.2 Å². The topological polar surface area (TPSA) is 3.24 Å². The molecule has 0 bridgehead atoms. The number of likely N-dealkylation sites (tertiary alicyclic amines) is 1. The fourth-order valence-electron chi connectivity index (χ4n) is 3.58. The molecule has 2 rings (SSSR count). The largest absolute Gasteiger partial charge is 0.360 e. The Kier molecular flexibility index (Phi) is 5.89. The summed E-state index contributed by atoms with van der Waals surface area (Å²) in [6, 6.07) is 5.39. The second-order valence-corrected chi connectivity index (χ2v) is 8.41. The first-order valence-electron chi connectivity index (χ1n) is 9.22. The van der Waals surface area contributed by atoms with Crippen molar-refractivity contribution >= 4 is 17.2 Å². The van der Waals surface area contributed by atoms with Gasteiger partial charge in [0.25, 0.3) is 0 Å². The van der Waals surface area contributed by atoms with E-state index >= 15 is 0 Å². The van der Waals surface area contributed by atoms with Gasteiger partial charge in [0, 0.05) is 18.2 Å². The van der Waals surface area contributed by atoms with E-state index in [1.165, 1.54) is 35.1 Å². The van der Waals surface area contributed by atoms with Gasteiger partial charge < -0.3 is 4.90 Å². The third kappa shape index (κ3) is 3.79. The molecule has 1 fully saturated rings. The first-order chi connectivity index (χ1) is 10.7. The van der Waals surface area contributed by atoms with Crippen molar-refractivity contribution in [2.75, 3.05) is 6.54 Å². The van der Waals surface area contributed by atoms with Crippen LogP contribution in [0.4, 0.5) is 0 Å². The summed E-state index contributed by atoms with van der Waals surface area (Å²) in [6.45, 7) is 17.2. The Balaban J connectivity index is 2.61. The minimum Gasteiger partial charge on any atom is -0.360 e. The number of hydrogen-bond donors (Lipinski definition) is 0. The zero-order valence-corrected chi connectivity index (χ0v) is 16.8. The summed E-state index contributed by atoms with van der Waals surface area (Å²) >= 11 is 6.01. The van der Waals surface area contributed by atoms with E-state index in [1.807, 2.05) is 0 Å². The van der Waals surface area contributed by atoms with Crippen molar-refractivity contribution in [3.63, 3.8) is 0 Å². The predicted octanol–water partition coefficient (Wildman–Crippen LogP) is 6.22. The Morgan fingerprint density at radius 3 is 1.87 bits per heavy atom. The summed E-state index contributed by atoms with van der Waals surface area (Å²) in [5.74, 6) is 1.55. The second kappa shape index (κ2) is 7.34. The Bertz CT molecular complexity index is 542. The summed E-state index contributed by atoms with van der Waals surface area (Å²) < 4.78 is 0. The zero-order chi connectivity index (χ0) is 17.3. The van der Waals surface area contributed by atoms with Gasteiger partial charge in [-0.15, -0.1) is 0 Å². The van der Waals surface area contributed by atoms with Gasteiger partial charge in [0.2, 0.25) is 0 Å². The molecule has 128 valence electrons. The average molecular weight is 332 g/mol. The van der Waals surface area contributed by atoms with Crippen LogP contribution in [0, 0.1) is 0 Å². The highest BCUT2D eigenvalue weighted by atomic mass is 32.1. The van der Waals surface area contributed by atoms with Gasteiger partial charge in [0.05, 0.1) is 0 Å². The van der Waals surface area contributed by atoms with E-state index in [-0.39, 0.29) is 0 Å². The van der Waals surface area contributed by atoms with Crippen molar-refractivity contribution in [2.45, 2.75) is 85.1 Å². The summed E-state index contributed by atoms with van der Waals surface area (Å²) in [4.78, 5) is 3.54. The lowest BCUT2D eigenvalue weighted by atomic mass is 9.84. The van der Waals surface area contributed by atoms with Gasteiger partial charge in [-0.25, -0.2) is 0 Å². The SMILES string of the molecule is CC(C)c1cc(C(C)C)c(C(=S)N2CCC[C@@H]2C)c(C(C)C)c1. The number of rotatable bonds is 4. The lowest BCUT2D eigenvalue weighted by Crippen LogP contribution is -2.34. The Hall–Kier alpha value is -0.890. The van der Waals surface area contributed by atoms with Crippen LogP contribution in [0.2, 0.25) is 0 Å². The Morgan fingerprint density at radius 2 is 1.52 bits per heavy atom. The highest BCUT2D eigenvalue weighted by molar-refractivity contribution is 7.80. The molecule has 0 saturated carbocycles. The van der Waals surface area contributed by atoms with E-state index in [1.54, 1.807) is 0 Å². The molecule has 1 aliphatic rings. The van der Waals surface area contributed by atoms with Crippen LogP contribution in [0.25, 0.3) is 0 Å². The van der Waals surface area contributed by atoms with Gasteiger partial charge in [-0.05, 0) is 54.2 Å². The molecule has 1 nitrogen and oxygen atoms in total. The van der Waals surface area contributed by atoms with Crippen molar-refractivity contribution in [2.24, 2.45) is 0 Å². The smallest absolute Gasteiger partial charge is 0.110 e. The standard InChI is InChI=1S/C21H33NS/c1-13(2)17-11-18(14(3)4)20(19(12-17)15(5)6)21(23)22-10-8-9-16(22)7/h11-16H,8-10H2,1-7H3/t16-/m0/s1. The fraction of sp³-hybridized carbons (Fsp3) is 0.667. The van der Waals surface area contributed by atoms with Gasteiger partial charge in [-0.1, -0.05) is 65.9 Å². The van der Waals surface area contributed by atoms with E-state index in [0.717, 1.165) is 11.5 Å². The fourth-order valence-corrected chi connectivity index (χ4v) is 4.09. The van der Waals surface area contributed by atoms with Crippen molar-refractivity contribution < 1.29 is 0 Å². The molecule has 23 heavy (non-hydrogen) atoms. The normalized spacial score (nSPS) is 18.5. The third-order valence-electron chi connectivity index (χ3n) is 5.16. The molecule has 0 radical (unpaired) electrons. The first-order valence-corrected chi connectivity index (χ1v) is 9.63. The van der Waals surface area contributed by atoms with E-state index in [0.29, 0.717) is 23.8 Å². The summed E-state index contributed by atoms with van der Waals surface area (Å²) in [6.07, 6.45) is 2.53. The maximum absolute atomic E-state index is 6.01. The summed E-state index contributed by atoms with van der Waals surface area (Å²) in [5, 5.41) is 0. The zero-order valence-electron chi connectivity index (χ0n) is 15.9. The monoisotopic (exact) mass is 331 g/mol. The molecule has 0 unspecified atom stereocenters. The molecule has 0 N–H and O–H groups in total. The van der Waals surface area contributed by atoms with Crippen LogP contribution in [0.3, 0.4) is 0 Å². The van der Waals surface area contributed by atoms with Crippen LogP contribution in [0.5, 0.6) is 0 Å². The molecular formula is C21H33NS. The number of hydrogen-bond acceptors (Lipinski definition) is 1. The molecular weight excluding hydrogens is 298 g/mol. The number of nitrogens with zero attached hydrogens (tertiary/aromatic N) is 1. The third-order valence-corrected chi connectivity index (χ3v) is 5.60. The molecule has 1 aromatic carbocycles. The van der Waals surface area contributed by atoms with Crippen LogP contribution in [0.1, 0.15) is 101 Å². The van der Waals surface area contributed by atoms with E-state index in [9.17, 15) is 0 Å². The maximum atomic E-state index is 6.01. The lowest BCUT2D eigenvalue weighted by Gasteiger charge is -2.30. The first kappa shape index (κ1) is 18.4. The van der Waals surface area contributed by atoms with Gasteiger partial charge in [-0.3, -0.25) is 0 Å². The molecule has 0 aromatic heterocycles. The average Bonchev–Trinajstić information content (AvgIpc) is 2.90. The van der Waals surface area contributed by atoms with Crippen LogP contribution in [-0.2, 0) is 0 Å². The Morgan fingerprint density at radius 1 is 1.00 bits per heavy atom. The van der Waals surface area contributed by atoms with Crippen molar-refractivity contribution in [1.29, 1.82) is 0 Å². The minimum absolute atomic E-state index is 0.497. The molecule has 1 aliphatic heterocycles. The number of thiocarbonyl (C=S) groups is 1. The number of benzene rings is 1. The van der Waals surface area contributed by atoms with Gasteiger partial charge in [-0.2, -0.15) is 0 Å². The molecule has 0 amide bonds. The molecule has 0 spiro atoms. The van der Waals surface area contributed by atoms with Crippen molar-refractivity contribution in [3.8, 4) is 0 Å². The molecule has 1 saturated heterocycles. The van der Waals surface area contributed by atoms with Crippen LogP contribution >= 0.6 is 12.2 Å². The summed E-state index contributed by atoms with van der Waals surface area (Å²) in [7, 11) is 0. The van der Waals surface area contributed by atoms with E-state index in [2.05, 4.69) is 65.5 Å². The highest BCUT2D eigenvalue weighted by Crippen LogP contribution is 2.34. The predicted molar refractivity (Wildman–Crippen MR) is 106 cm³/mol. The van der Waals surface area contributed by atoms with Gasteiger partial charge in [0.1, 0.15) is 4.99 Å². The van der Waals surface area contributed by atoms with Gasteiger partial charge in [0.15, 0.2) is 0 Å². The minimum atomic E-state index is 0.497. The maximum Gasteiger partial charge on any atom is 0.110 e. The lowest BCUT2D eigenvalue weighted by molar-refractivity contribution is 0.421.